The summed E-state index contributed by atoms with van der Waals surface area (Å²) >= 11 is 0. The quantitative estimate of drug-likeness (QED) is 0.729. The topological polar surface area (TPSA) is 66.5 Å². The van der Waals surface area contributed by atoms with Crippen LogP contribution in [-0.2, 0) is 18.4 Å². The van der Waals surface area contributed by atoms with Crippen LogP contribution in [0.5, 0.6) is 5.75 Å². The Morgan fingerprint density at radius 1 is 1.17 bits per heavy atom. The summed E-state index contributed by atoms with van der Waals surface area (Å²) in [5, 5.41) is 0.813. The molecule has 0 bridgehead atoms. The number of nitrogens with zero attached hydrogens (tertiary/aromatic N) is 1. The Kier molecular flexibility index (Phi) is 4.42. The molecule has 0 radical (unpaired) electrons. The van der Waals surface area contributed by atoms with Crippen molar-refractivity contribution in [2.45, 2.75) is 13.5 Å². The van der Waals surface area contributed by atoms with E-state index in [2.05, 4.69) is 0 Å². The van der Waals surface area contributed by atoms with Crippen molar-refractivity contribution in [2.75, 3.05) is 12.3 Å². The Morgan fingerprint density at radius 2 is 1.92 bits per heavy atom. The zero-order valence-electron chi connectivity index (χ0n) is 13.8. The number of aryl methyl sites for hydroxylation is 1. The van der Waals surface area contributed by atoms with Gasteiger partial charge in [0.2, 0.25) is 0 Å². The van der Waals surface area contributed by atoms with Crippen LogP contribution in [0.15, 0.2) is 48.5 Å². The first-order chi connectivity index (χ1) is 11.6. The third-order valence-corrected chi connectivity index (χ3v) is 3.93. The van der Waals surface area contributed by atoms with Crippen molar-refractivity contribution in [1.82, 2.24) is 4.57 Å². The Bertz CT molecular complexity index is 869. The van der Waals surface area contributed by atoms with Crippen LogP contribution in [0.4, 0.5) is 5.69 Å². The number of hydrogen-bond donors (Lipinski definition) is 1. The number of esters is 1. The first-order valence-electron chi connectivity index (χ1n) is 7.83. The SMILES string of the molecule is CCOC(=O)c1c(N)c2ccc(OCc3ccccc3)cc2n1C. The van der Waals surface area contributed by atoms with Crippen molar-refractivity contribution in [2.24, 2.45) is 7.05 Å². The summed E-state index contributed by atoms with van der Waals surface area (Å²) in [5.41, 5.74) is 8.85. The van der Waals surface area contributed by atoms with Crippen molar-refractivity contribution in [1.29, 1.82) is 0 Å². The number of carbonyl (C=O) groups excluding carboxylic acids is 1. The molecule has 24 heavy (non-hydrogen) atoms. The van der Waals surface area contributed by atoms with Gasteiger partial charge < -0.3 is 19.8 Å². The molecule has 2 N–H and O–H groups in total. The molecule has 3 rings (SSSR count). The lowest BCUT2D eigenvalue weighted by molar-refractivity contribution is 0.0517. The fraction of sp³-hybridized carbons (Fsp3) is 0.211. The second-order valence-corrected chi connectivity index (χ2v) is 5.49. The second-order valence-electron chi connectivity index (χ2n) is 5.49. The van der Waals surface area contributed by atoms with E-state index in [4.69, 9.17) is 15.2 Å². The van der Waals surface area contributed by atoms with E-state index in [0.717, 1.165) is 22.2 Å². The van der Waals surface area contributed by atoms with Crippen LogP contribution in [0.3, 0.4) is 0 Å². The van der Waals surface area contributed by atoms with E-state index in [1.165, 1.54) is 0 Å². The van der Waals surface area contributed by atoms with Crippen LogP contribution in [-0.4, -0.2) is 17.1 Å². The van der Waals surface area contributed by atoms with Gasteiger partial charge in [0.05, 0.1) is 17.8 Å². The van der Waals surface area contributed by atoms with E-state index in [-0.39, 0.29) is 0 Å². The third kappa shape index (κ3) is 2.93. The van der Waals surface area contributed by atoms with Crippen LogP contribution < -0.4 is 10.5 Å². The summed E-state index contributed by atoms with van der Waals surface area (Å²) in [7, 11) is 1.80. The van der Waals surface area contributed by atoms with E-state index >= 15 is 0 Å². The highest BCUT2D eigenvalue weighted by molar-refractivity contribution is 6.06. The van der Waals surface area contributed by atoms with Crippen LogP contribution in [0, 0.1) is 0 Å². The van der Waals surface area contributed by atoms with Crippen molar-refractivity contribution in [3.63, 3.8) is 0 Å². The normalized spacial score (nSPS) is 10.8. The highest BCUT2D eigenvalue weighted by Crippen LogP contribution is 2.31. The Morgan fingerprint density at radius 3 is 2.62 bits per heavy atom. The number of anilines is 1. The average molecular weight is 324 g/mol. The minimum atomic E-state index is -0.416. The number of hydrogen-bond acceptors (Lipinski definition) is 4. The van der Waals surface area contributed by atoms with E-state index in [0.29, 0.717) is 24.6 Å². The number of nitrogen functional groups attached to an aromatic ring is 1. The van der Waals surface area contributed by atoms with Crippen molar-refractivity contribution in [3.8, 4) is 5.75 Å². The van der Waals surface area contributed by atoms with Gasteiger partial charge in [-0.3, -0.25) is 0 Å². The number of carbonyl (C=O) groups is 1. The molecular weight excluding hydrogens is 304 g/mol. The molecule has 0 fully saturated rings. The van der Waals surface area contributed by atoms with Gasteiger partial charge in [0.15, 0.2) is 5.69 Å². The summed E-state index contributed by atoms with van der Waals surface area (Å²) in [6.07, 6.45) is 0. The predicted octanol–water partition coefficient (Wildman–Crippen LogP) is 3.52. The van der Waals surface area contributed by atoms with Crippen molar-refractivity contribution in [3.05, 3.63) is 59.8 Å². The lowest BCUT2D eigenvalue weighted by Crippen LogP contribution is -2.11. The molecular formula is C19H20N2O3. The monoisotopic (exact) mass is 324 g/mol. The number of fused-ring (bicyclic) bond motifs is 1. The van der Waals surface area contributed by atoms with Gasteiger partial charge in [-0.15, -0.1) is 0 Å². The maximum Gasteiger partial charge on any atom is 0.357 e. The molecule has 0 unspecified atom stereocenters. The molecule has 3 aromatic rings. The van der Waals surface area contributed by atoms with Crippen molar-refractivity contribution < 1.29 is 14.3 Å². The molecule has 1 aromatic heterocycles. The van der Waals surface area contributed by atoms with Gasteiger partial charge in [-0.05, 0) is 24.6 Å². The van der Waals surface area contributed by atoms with E-state index in [1.54, 1.807) is 18.5 Å². The molecule has 0 spiro atoms. The first-order valence-corrected chi connectivity index (χ1v) is 7.83. The molecule has 1 heterocycles. The zero-order valence-corrected chi connectivity index (χ0v) is 13.8. The van der Waals surface area contributed by atoms with Gasteiger partial charge in [-0.2, -0.15) is 0 Å². The molecule has 124 valence electrons. The van der Waals surface area contributed by atoms with Crippen LogP contribution in [0.25, 0.3) is 10.9 Å². The molecule has 0 aliphatic carbocycles. The standard InChI is InChI=1S/C19H20N2O3/c1-3-23-19(22)18-17(20)15-10-9-14(11-16(15)21(18)2)24-12-13-7-5-4-6-8-13/h4-11H,3,12,20H2,1-2H3. The largest absolute Gasteiger partial charge is 0.489 e. The lowest BCUT2D eigenvalue weighted by atomic mass is 10.2. The maximum atomic E-state index is 12.1. The smallest absolute Gasteiger partial charge is 0.357 e. The molecule has 5 heteroatoms. The Hall–Kier alpha value is -2.95. The lowest BCUT2D eigenvalue weighted by Gasteiger charge is -2.07. The fourth-order valence-corrected chi connectivity index (χ4v) is 2.72. The highest BCUT2D eigenvalue weighted by atomic mass is 16.5. The number of aromatic nitrogens is 1. The number of ether oxygens (including phenoxy) is 2. The maximum absolute atomic E-state index is 12.1. The predicted molar refractivity (Wildman–Crippen MR) is 94.1 cm³/mol. The Labute approximate surface area is 140 Å². The fourth-order valence-electron chi connectivity index (χ4n) is 2.72. The molecule has 2 aromatic carbocycles. The van der Waals surface area contributed by atoms with Crippen LogP contribution in [0.2, 0.25) is 0 Å². The van der Waals surface area contributed by atoms with Gasteiger partial charge in [0.1, 0.15) is 12.4 Å². The van der Waals surface area contributed by atoms with Gasteiger partial charge in [0, 0.05) is 18.5 Å². The molecule has 0 atom stereocenters. The van der Waals surface area contributed by atoms with E-state index < -0.39 is 5.97 Å². The first kappa shape index (κ1) is 15.9. The van der Waals surface area contributed by atoms with Gasteiger partial charge in [-0.25, -0.2) is 4.79 Å². The number of nitrogens with two attached hydrogens (primary N) is 1. The van der Waals surface area contributed by atoms with Gasteiger partial charge in [0.25, 0.3) is 0 Å². The molecule has 0 saturated carbocycles. The summed E-state index contributed by atoms with van der Waals surface area (Å²) in [4.78, 5) is 12.1. The third-order valence-electron chi connectivity index (χ3n) is 3.93. The molecule has 0 aliphatic rings. The summed E-state index contributed by atoms with van der Waals surface area (Å²) in [6, 6.07) is 15.6. The number of benzene rings is 2. The average Bonchev–Trinajstić information content (AvgIpc) is 2.85. The summed E-state index contributed by atoms with van der Waals surface area (Å²) < 4.78 is 12.7. The molecule has 5 nitrogen and oxygen atoms in total. The van der Waals surface area contributed by atoms with Gasteiger partial charge >= 0.3 is 5.97 Å². The summed E-state index contributed by atoms with van der Waals surface area (Å²) in [6.45, 7) is 2.56. The zero-order chi connectivity index (χ0) is 17.1. The number of rotatable bonds is 5. The molecule has 0 amide bonds. The molecule has 0 saturated heterocycles. The van der Waals surface area contributed by atoms with Crippen LogP contribution in [0.1, 0.15) is 23.0 Å². The Balaban J connectivity index is 1.90. The second kappa shape index (κ2) is 6.66. The van der Waals surface area contributed by atoms with Gasteiger partial charge in [-0.1, -0.05) is 30.3 Å². The van der Waals surface area contributed by atoms with E-state index in [9.17, 15) is 4.79 Å². The highest BCUT2D eigenvalue weighted by Gasteiger charge is 2.20. The minimum Gasteiger partial charge on any atom is -0.489 e. The summed E-state index contributed by atoms with van der Waals surface area (Å²) in [5.74, 6) is 0.308. The molecule has 0 aliphatic heterocycles. The van der Waals surface area contributed by atoms with Crippen LogP contribution >= 0.6 is 0 Å². The minimum absolute atomic E-state index is 0.311. The van der Waals surface area contributed by atoms with E-state index in [1.807, 2.05) is 48.5 Å². The van der Waals surface area contributed by atoms with Crippen molar-refractivity contribution >= 4 is 22.6 Å².